The molecule has 0 spiro atoms. The van der Waals surface area contributed by atoms with Gasteiger partial charge < -0.3 is 10.2 Å². The molecule has 218 valence electrons. The van der Waals surface area contributed by atoms with Crippen LogP contribution in [0, 0.1) is 19.7 Å². The molecule has 4 rings (SSSR count). The molecule has 1 aliphatic carbocycles. The van der Waals surface area contributed by atoms with E-state index >= 15 is 0 Å². The van der Waals surface area contributed by atoms with Gasteiger partial charge in [0.05, 0.1) is 10.6 Å². The summed E-state index contributed by atoms with van der Waals surface area (Å²) in [5.41, 5.74) is 3.04. The van der Waals surface area contributed by atoms with E-state index in [9.17, 15) is 22.4 Å². The number of anilines is 1. The predicted octanol–water partition coefficient (Wildman–Crippen LogP) is 5.50. The van der Waals surface area contributed by atoms with Gasteiger partial charge in [-0.2, -0.15) is 0 Å². The number of nitrogens with zero attached hydrogens (tertiary/aromatic N) is 2. The summed E-state index contributed by atoms with van der Waals surface area (Å²) >= 11 is 0. The second kappa shape index (κ2) is 13.3. The van der Waals surface area contributed by atoms with Crippen LogP contribution in [-0.2, 0) is 26.2 Å². The van der Waals surface area contributed by atoms with E-state index < -0.39 is 34.3 Å². The zero-order valence-corrected chi connectivity index (χ0v) is 24.7. The Labute approximate surface area is 242 Å². The van der Waals surface area contributed by atoms with Crippen molar-refractivity contribution in [3.63, 3.8) is 0 Å². The summed E-state index contributed by atoms with van der Waals surface area (Å²) in [5, 5.41) is 3.11. The molecule has 1 aliphatic rings. The van der Waals surface area contributed by atoms with Crippen molar-refractivity contribution in [2.24, 2.45) is 0 Å². The van der Waals surface area contributed by atoms with Crippen molar-refractivity contribution in [1.82, 2.24) is 10.2 Å². The van der Waals surface area contributed by atoms with Gasteiger partial charge >= 0.3 is 0 Å². The molecule has 3 aromatic rings. The minimum absolute atomic E-state index is 0.0667. The Morgan fingerprint density at radius 2 is 1.56 bits per heavy atom. The first-order valence-corrected chi connectivity index (χ1v) is 15.5. The lowest BCUT2D eigenvalue weighted by Crippen LogP contribution is -2.53. The van der Waals surface area contributed by atoms with Gasteiger partial charge in [0.2, 0.25) is 11.8 Å². The first-order valence-electron chi connectivity index (χ1n) is 14.1. The number of benzene rings is 3. The van der Waals surface area contributed by atoms with Crippen molar-refractivity contribution in [1.29, 1.82) is 0 Å². The van der Waals surface area contributed by atoms with E-state index in [1.165, 1.54) is 17.0 Å². The Kier molecular flexibility index (Phi) is 9.81. The highest BCUT2D eigenvalue weighted by Crippen LogP contribution is 2.26. The summed E-state index contributed by atoms with van der Waals surface area (Å²) in [6.45, 7) is 5.10. The zero-order chi connectivity index (χ0) is 29.6. The average molecular weight is 580 g/mol. The molecule has 9 heteroatoms. The topological polar surface area (TPSA) is 86.8 Å². The molecule has 2 amide bonds. The van der Waals surface area contributed by atoms with Gasteiger partial charge in [-0.25, -0.2) is 12.8 Å². The molecule has 0 radical (unpaired) electrons. The third kappa shape index (κ3) is 7.52. The number of carbonyl (C=O) groups excluding carboxylic acids is 2. The van der Waals surface area contributed by atoms with Gasteiger partial charge in [0.25, 0.3) is 10.0 Å². The highest BCUT2D eigenvalue weighted by atomic mass is 32.2. The molecule has 1 N–H and O–H groups in total. The van der Waals surface area contributed by atoms with Crippen molar-refractivity contribution in [2.45, 2.75) is 76.4 Å². The Morgan fingerprint density at radius 3 is 2.20 bits per heavy atom. The molecule has 1 fully saturated rings. The number of sulfonamides is 1. The molecule has 1 atom stereocenters. The second-order valence-corrected chi connectivity index (χ2v) is 12.6. The van der Waals surface area contributed by atoms with Gasteiger partial charge in [-0.05, 0) is 81.1 Å². The third-order valence-electron chi connectivity index (χ3n) is 7.72. The third-order valence-corrected chi connectivity index (χ3v) is 9.51. The van der Waals surface area contributed by atoms with Crippen LogP contribution in [0.4, 0.5) is 10.1 Å². The fraction of sp³-hybridized carbons (Fsp3) is 0.375. The zero-order valence-electron chi connectivity index (χ0n) is 23.8. The maximum Gasteiger partial charge on any atom is 0.264 e. The Morgan fingerprint density at radius 1 is 0.927 bits per heavy atom. The van der Waals surface area contributed by atoms with E-state index in [-0.39, 0.29) is 23.4 Å². The summed E-state index contributed by atoms with van der Waals surface area (Å²) in [4.78, 5) is 28.8. The first kappa shape index (κ1) is 30.2. The average Bonchev–Trinajstić information content (AvgIpc) is 2.96. The maximum absolute atomic E-state index is 14.1. The standard InChI is InChI=1S/C32H38FN3O4S/c1-23-13-17-29(18-14-23)36(41(39,40)30-19-15-27(33)16-20-30)22-31(37)35(21-26-10-8-7-9-24(26)2)25(3)32(38)34-28-11-5-4-6-12-28/h7-10,13-20,25,28H,4-6,11-12,21-22H2,1-3H3,(H,34,38)/t25-/m1/s1. The van der Waals surface area contributed by atoms with Crippen LogP contribution in [0.2, 0.25) is 0 Å². The molecule has 0 heterocycles. The van der Waals surface area contributed by atoms with Crippen LogP contribution < -0.4 is 9.62 Å². The van der Waals surface area contributed by atoms with E-state index in [1.54, 1.807) is 31.2 Å². The van der Waals surface area contributed by atoms with Gasteiger partial charge in [0.15, 0.2) is 0 Å². The minimum Gasteiger partial charge on any atom is -0.352 e. The molecule has 0 aliphatic heterocycles. The number of hydrogen-bond acceptors (Lipinski definition) is 4. The Balaban J connectivity index is 1.68. The van der Waals surface area contributed by atoms with E-state index in [1.807, 2.05) is 38.1 Å². The van der Waals surface area contributed by atoms with Crippen LogP contribution in [0.3, 0.4) is 0 Å². The van der Waals surface area contributed by atoms with E-state index in [2.05, 4.69) is 5.32 Å². The summed E-state index contributed by atoms with van der Waals surface area (Å²) in [7, 11) is -4.24. The maximum atomic E-state index is 14.1. The van der Waals surface area contributed by atoms with Crippen molar-refractivity contribution in [3.05, 3.63) is 95.3 Å². The number of aryl methyl sites for hydroxylation is 2. The fourth-order valence-corrected chi connectivity index (χ4v) is 6.51. The smallest absolute Gasteiger partial charge is 0.264 e. The molecule has 0 saturated heterocycles. The van der Waals surface area contributed by atoms with Gasteiger partial charge in [-0.15, -0.1) is 0 Å². The summed E-state index contributed by atoms with van der Waals surface area (Å²) in [6.07, 6.45) is 5.07. The summed E-state index contributed by atoms with van der Waals surface area (Å²) in [5.74, 6) is -1.35. The van der Waals surface area contributed by atoms with Crippen LogP contribution in [0.15, 0.2) is 77.7 Å². The number of carbonyl (C=O) groups is 2. The molecular weight excluding hydrogens is 541 g/mol. The molecule has 7 nitrogen and oxygen atoms in total. The van der Waals surface area contributed by atoms with Gasteiger partial charge in [0.1, 0.15) is 18.4 Å². The monoisotopic (exact) mass is 579 g/mol. The molecule has 0 bridgehead atoms. The normalized spacial score (nSPS) is 14.7. The van der Waals surface area contributed by atoms with Crippen LogP contribution in [0.5, 0.6) is 0 Å². The van der Waals surface area contributed by atoms with Gasteiger partial charge in [-0.1, -0.05) is 61.2 Å². The molecule has 1 saturated carbocycles. The van der Waals surface area contributed by atoms with E-state index in [4.69, 9.17) is 0 Å². The Bertz CT molecular complexity index is 1450. The van der Waals surface area contributed by atoms with Crippen molar-refractivity contribution >= 4 is 27.5 Å². The molecule has 0 aromatic heterocycles. The second-order valence-electron chi connectivity index (χ2n) is 10.8. The number of hydrogen-bond donors (Lipinski definition) is 1. The van der Waals surface area contributed by atoms with Crippen LogP contribution in [-0.4, -0.2) is 43.8 Å². The molecular formula is C32H38FN3O4S. The SMILES string of the molecule is Cc1ccc(N(CC(=O)N(Cc2ccccc2C)[C@H](C)C(=O)NC2CCCCC2)S(=O)(=O)c2ccc(F)cc2)cc1. The molecule has 0 unspecified atom stereocenters. The number of halogens is 1. The van der Waals surface area contributed by atoms with Crippen molar-refractivity contribution in [3.8, 4) is 0 Å². The Hall–Kier alpha value is -3.72. The fourth-order valence-electron chi connectivity index (χ4n) is 5.10. The predicted molar refractivity (Wildman–Crippen MR) is 158 cm³/mol. The van der Waals surface area contributed by atoms with Gasteiger partial charge in [-0.3, -0.25) is 13.9 Å². The van der Waals surface area contributed by atoms with E-state index in [0.29, 0.717) is 5.69 Å². The number of amides is 2. The number of nitrogens with one attached hydrogen (secondary N) is 1. The first-order chi connectivity index (χ1) is 19.6. The summed E-state index contributed by atoms with van der Waals surface area (Å²) in [6, 6.07) is 18.1. The van der Waals surface area contributed by atoms with Crippen molar-refractivity contribution in [2.75, 3.05) is 10.8 Å². The highest BCUT2D eigenvalue weighted by molar-refractivity contribution is 7.92. The quantitative estimate of drug-likeness (QED) is 0.344. The van der Waals surface area contributed by atoms with E-state index in [0.717, 1.165) is 65.2 Å². The van der Waals surface area contributed by atoms with Crippen LogP contribution in [0.25, 0.3) is 0 Å². The lowest BCUT2D eigenvalue weighted by Gasteiger charge is -2.33. The van der Waals surface area contributed by atoms with Crippen molar-refractivity contribution < 1.29 is 22.4 Å². The lowest BCUT2D eigenvalue weighted by atomic mass is 9.95. The molecule has 3 aromatic carbocycles. The van der Waals surface area contributed by atoms with Crippen LogP contribution >= 0.6 is 0 Å². The highest BCUT2D eigenvalue weighted by Gasteiger charge is 2.33. The lowest BCUT2D eigenvalue weighted by molar-refractivity contribution is -0.139. The van der Waals surface area contributed by atoms with Crippen LogP contribution in [0.1, 0.15) is 55.7 Å². The summed E-state index contributed by atoms with van der Waals surface area (Å²) < 4.78 is 42.3. The largest absolute Gasteiger partial charge is 0.352 e. The number of rotatable bonds is 10. The minimum atomic E-state index is -4.24. The van der Waals surface area contributed by atoms with Gasteiger partial charge in [0, 0.05) is 12.6 Å². The molecule has 41 heavy (non-hydrogen) atoms.